The normalized spacial score (nSPS) is 13.5. The van der Waals surface area contributed by atoms with Crippen molar-refractivity contribution in [3.8, 4) is 0 Å². The molecule has 0 saturated heterocycles. The number of fused-ring (bicyclic) bond motifs is 1. The van der Waals surface area contributed by atoms with Crippen LogP contribution in [-0.2, 0) is 19.5 Å². The maximum atomic E-state index is 12.3. The van der Waals surface area contributed by atoms with Crippen molar-refractivity contribution >= 4 is 11.6 Å². The second-order valence-corrected chi connectivity index (χ2v) is 5.06. The number of carbonyl (C=O) groups is 1. The van der Waals surface area contributed by atoms with Crippen molar-refractivity contribution in [1.82, 2.24) is 29.9 Å². The van der Waals surface area contributed by atoms with Gasteiger partial charge in [0.25, 0.3) is 5.91 Å². The number of hydrogen-bond acceptors (Lipinski definition) is 5. The van der Waals surface area contributed by atoms with Gasteiger partial charge in [-0.15, -0.1) is 10.2 Å². The minimum atomic E-state index is -0.220. The van der Waals surface area contributed by atoms with Gasteiger partial charge in [-0.3, -0.25) is 9.89 Å². The van der Waals surface area contributed by atoms with Crippen LogP contribution in [0.2, 0.25) is 0 Å². The van der Waals surface area contributed by atoms with Crippen molar-refractivity contribution in [2.75, 3.05) is 12.8 Å². The minimum Gasteiger partial charge on any atom is -0.395 e. The Morgan fingerprint density at radius 2 is 2.30 bits per heavy atom. The number of nitrogens with zero attached hydrogens (tertiary/aromatic N) is 5. The quantitative estimate of drug-likeness (QED) is 0.827. The maximum absolute atomic E-state index is 12.3. The van der Waals surface area contributed by atoms with Crippen LogP contribution in [0.1, 0.15) is 34.3 Å². The van der Waals surface area contributed by atoms with E-state index in [9.17, 15) is 4.79 Å². The van der Waals surface area contributed by atoms with E-state index in [0.717, 1.165) is 31.0 Å². The summed E-state index contributed by atoms with van der Waals surface area (Å²) in [6.45, 7) is 3.10. The van der Waals surface area contributed by atoms with Crippen LogP contribution < -0.4 is 5.73 Å². The first-order valence-electron chi connectivity index (χ1n) is 6.54. The van der Waals surface area contributed by atoms with Gasteiger partial charge in [0.2, 0.25) is 0 Å². The number of rotatable bonds is 3. The fourth-order valence-corrected chi connectivity index (χ4v) is 2.39. The lowest BCUT2D eigenvalue weighted by Gasteiger charge is -2.15. The third-order valence-corrected chi connectivity index (χ3v) is 3.61. The van der Waals surface area contributed by atoms with Crippen LogP contribution in [0.25, 0.3) is 0 Å². The number of nitrogens with one attached hydrogen (secondary N) is 1. The van der Waals surface area contributed by atoms with Crippen LogP contribution in [0.15, 0.2) is 0 Å². The third-order valence-electron chi connectivity index (χ3n) is 3.61. The Kier molecular flexibility index (Phi) is 2.92. The van der Waals surface area contributed by atoms with Gasteiger partial charge in [0.1, 0.15) is 5.82 Å². The Labute approximate surface area is 116 Å². The summed E-state index contributed by atoms with van der Waals surface area (Å²) in [5, 5.41) is 14.9. The molecule has 1 aliphatic heterocycles. The van der Waals surface area contributed by atoms with E-state index in [2.05, 4.69) is 25.0 Å². The van der Waals surface area contributed by atoms with Gasteiger partial charge >= 0.3 is 0 Å². The molecule has 0 saturated carbocycles. The number of nitrogen functional groups attached to an aromatic ring is 1. The standard InChI is InChI=1S/C12H17N7O/c1-7-10(13)11(17-14-7)12(20)18(2)6-9-16-15-8-4-3-5-19(8)9/h3-6,13H2,1-2H3,(H,14,17). The lowest BCUT2D eigenvalue weighted by atomic mass is 10.3. The SMILES string of the molecule is Cc1[nH]nc(C(=O)N(C)Cc2nnc3n2CCC3)c1N. The molecule has 3 heterocycles. The highest BCUT2D eigenvalue weighted by Crippen LogP contribution is 2.17. The first-order valence-corrected chi connectivity index (χ1v) is 6.54. The lowest BCUT2D eigenvalue weighted by Crippen LogP contribution is -2.28. The van der Waals surface area contributed by atoms with Crippen LogP contribution >= 0.6 is 0 Å². The van der Waals surface area contributed by atoms with Gasteiger partial charge in [-0.25, -0.2) is 0 Å². The van der Waals surface area contributed by atoms with E-state index in [1.807, 2.05) is 0 Å². The predicted molar refractivity (Wildman–Crippen MR) is 71.9 cm³/mol. The van der Waals surface area contributed by atoms with Crippen molar-refractivity contribution in [1.29, 1.82) is 0 Å². The minimum absolute atomic E-state index is 0.220. The van der Waals surface area contributed by atoms with Crippen LogP contribution in [0, 0.1) is 6.92 Å². The number of H-pyrrole nitrogens is 1. The summed E-state index contributed by atoms with van der Waals surface area (Å²) < 4.78 is 2.07. The maximum Gasteiger partial charge on any atom is 0.276 e. The van der Waals surface area contributed by atoms with Crippen molar-refractivity contribution in [3.05, 3.63) is 23.0 Å². The molecule has 2 aromatic heterocycles. The van der Waals surface area contributed by atoms with Crippen molar-refractivity contribution < 1.29 is 4.79 Å². The van der Waals surface area contributed by atoms with Crippen molar-refractivity contribution in [2.45, 2.75) is 32.9 Å². The number of carbonyl (C=O) groups excluding carboxylic acids is 1. The van der Waals surface area contributed by atoms with Crippen molar-refractivity contribution in [2.24, 2.45) is 0 Å². The topological polar surface area (TPSA) is 106 Å². The highest BCUT2D eigenvalue weighted by Gasteiger charge is 2.23. The largest absolute Gasteiger partial charge is 0.395 e. The first-order chi connectivity index (χ1) is 9.58. The Bertz CT molecular complexity index is 657. The first kappa shape index (κ1) is 12.6. The number of aromatic amines is 1. The van der Waals surface area contributed by atoms with Gasteiger partial charge in [-0.2, -0.15) is 5.10 Å². The molecule has 20 heavy (non-hydrogen) atoms. The zero-order chi connectivity index (χ0) is 14.3. The molecule has 1 amide bonds. The summed E-state index contributed by atoms with van der Waals surface area (Å²) in [4.78, 5) is 13.9. The molecular weight excluding hydrogens is 258 g/mol. The van der Waals surface area contributed by atoms with Gasteiger partial charge in [0.05, 0.1) is 17.9 Å². The summed E-state index contributed by atoms with van der Waals surface area (Å²) in [7, 11) is 1.71. The summed E-state index contributed by atoms with van der Waals surface area (Å²) in [5.74, 6) is 1.58. The van der Waals surface area contributed by atoms with Crippen LogP contribution in [-0.4, -0.2) is 42.8 Å². The number of hydrogen-bond donors (Lipinski definition) is 2. The van der Waals surface area contributed by atoms with E-state index in [1.165, 1.54) is 0 Å². The Morgan fingerprint density at radius 3 is 3.00 bits per heavy atom. The van der Waals surface area contributed by atoms with Gasteiger partial charge in [-0.1, -0.05) is 0 Å². The van der Waals surface area contributed by atoms with Gasteiger partial charge in [0, 0.05) is 20.0 Å². The Hall–Kier alpha value is -2.38. The Balaban J connectivity index is 1.77. The molecule has 0 unspecified atom stereocenters. The smallest absolute Gasteiger partial charge is 0.276 e. The zero-order valence-electron chi connectivity index (χ0n) is 11.6. The molecule has 8 heteroatoms. The van der Waals surface area contributed by atoms with Gasteiger partial charge < -0.3 is 15.2 Å². The lowest BCUT2D eigenvalue weighted by molar-refractivity contribution is 0.0775. The third kappa shape index (κ3) is 1.93. The molecule has 0 aliphatic carbocycles. The predicted octanol–water partition coefficient (Wildman–Crippen LogP) is 0.110. The number of amides is 1. The highest BCUT2D eigenvalue weighted by atomic mass is 16.2. The average molecular weight is 275 g/mol. The van der Waals surface area contributed by atoms with Crippen LogP contribution in [0.4, 0.5) is 5.69 Å². The number of anilines is 1. The van der Waals surface area contributed by atoms with Gasteiger partial charge in [0.15, 0.2) is 11.5 Å². The summed E-state index contributed by atoms with van der Waals surface area (Å²) >= 11 is 0. The van der Waals surface area contributed by atoms with E-state index in [0.29, 0.717) is 17.9 Å². The molecule has 3 N–H and O–H groups in total. The summed E-state index contributed by atoms with van der Waals surface area (Å²) in [6, 6.07) is 0. The van der Waals surface area contributed by atoms with E-state index < -0.39 is 0 Å². The average Bonchev–Trinajstić information content (AvgIpc) is 3.09. The molecule has 0 aromatic carbocycles. The van der Waals surface area contributed by atoms with Crippen LogP contribution in [0.3, 0.4) is 0 Å². The molecule has 0 bridgehead atoms. The molecule has 0 spiro atoms. The highest BCUT2D eigenvalue weighted by molar-refractivity contribution is 5.97. The molecule has 3 rings (SSSR count). The molecular formula is C12H17N7O. The molecule has 1 aliphatic rings. The Morgan fingerprint density at radius 1 is 1.50 bits per heavy atom. The van der Waals surface area contributed by atoms with E-state index in [-0.39, 0.29) is 11.6 Å². The second-order valence-electron chi connectivity index (χ2n) is 5.06. The number of aryl methyl sites for hydroxylation is 2. The van der Waals surface area contributed by atoms with Gasteiger partial charge in [-0.05, 0) is 13.3 Å². The fraction of sp³-hybridized carbons (Fsp3) is 0.500. The zero-order valence-corrected chi connectivity index (χ0v) is 11.6. The molecule has 0 fully saturated rings. The molecule has 8 nitrogen and oxygen atoms in total. The summed E-state index contributed by atoms with van der Waals surface area (Å²) in [5.41, 5.74) is 7.18. The summed E-state index contributed by atoms with van der Waals surface area (Å²) in [6.07, 6.45) is 2.04. The molecule has 106 valence electrons. The molecule has 2 aromatic rings. The fourth-order valence-electron chi connectivity index (χ4n) is 2.39. The monoisotopic (exact) mass is 275 g/mol. The van der Waals surface area contributed by atoms with E-state index >= 15 is 0 Å². The van der Waals surface area contributed by atoms with E-state index in [4.69, 9.17) is 5.73 Å². The number of aromatic nitrogens is 5. The second kappa shape index (κ2) is 4.62. The van der Waals surface area contributed by atoms with Crippen molar-refractivity contribution in [3.63, 3.8) is 0 Å². The van der Waals surface area contributed by atoms with Crippen LogP contribution in [0.5, 0.6) is 0 Å². The molecule has 0 atom stereocenters. The van der Waals surface area contributed by atoms with E-state index in [1.54, 1.807) is 18.9 Å². The molecule has 0 radical (unpaired) electrons. The number of nitrogens with two attached hydrogens (primary N) is 1.